The highest BCUT2D eigenvalue weighted by molar-refractivity contribution is 8.16. The van der Waals surface area contributed by atoms with Gasteiger partial charge in [0.05, 0.1) is 15.6 Å². The summed E-state index contributed by atoms with van der Waals surface area (Å²) in [7, 11) is 1.43. The van der Waals surface area contributed by atoms with E-state index >= 15 is 0 Å². The van der Waals surface area contributed by atoms with Crippen molar-refractivity contribution in [1.82, 2.24) is 10.2 Å². The van der Waals surface area contributed by atoms with E-state index in [9.17, 15) is 18.4 Å². The van der Waals surface area contributed by atoms with Gasteiger partial charge >= 0.3 is 0 Å². The second-order valence-electron chi connectivity index (χ2n) is 7.94. The molecule has 3 rings (SSSR count). The van der Waals surface area contributed by atoms with E-state index in [0.29, 0.717) is 66.4 Å². The summed E-state index contributed by atoms with van der Waals surface area (Å²) in [5.41, 5.74) is 2.21. The van der Waals surface area contributed by atoms with Gasteiger partial charge in [0.2, 0.25) is 0 Å². The van der Waals surface area contributed by atoms with Gasteiger partial charge in [0.1, 0.15) is 0 Å². The van der Waals surface area contributed by atoms with E-state index in [-0.39, 0.29) is 15.5 Å². The molecular formula is C24H25Cl2F2N3O2S. The number of hydrogen-bond acceptors (Lipinski definition) is 5. The summed E-state index contributed by atoms with van der Waals surface area (Å²) in [5, 5.41) is 3.34. The topological polar surface area (TPSA) is 52.7 Å². The lowest BCUT2D eigenvalue weighted by atomic mass is 10.0. The van der Waals surface area contributed by atoms with Crippen molar-refractivity contribution >= 4 is 58.3 Å². The number of likely N-dealkylation sites (N-methyl/N-ethyl adjacent to an activating group) is 1. The Kier molecular flexibility index (Phi) is 8.98. The number of piperazine rings is 1. The van der Waals surface area contributed by atoms with Crippen LogP contribution in [0, 0.1) is 0 Å². The van der Waals surface area contributed by atoms with E-state index in [1.54, 1.807) is 0 Å². The Labute approximate surface area is 212 Å². The first kappa shape index (κ1) is 26.5. The molecule has 0 saturated carbocycles. The molecule has 1 aliphatic heterocycles. The molecule has 1 amide bonds. The Morgan fingerprint density at radius 1 is 1.15 bits per heavy atom. The minimum Gasteiger partial charge on any atom is -0.367 e. The number of benzene rings is 2. The van der Waals surface area contributed by atoms with Crippen LogP contribution in [0.3, 0.4) is 0 Å². The smallest absolute Gasteiger partial charge is 0.270 e. The van der Waals surface area contributed by atoms with Crippen LogP contribution in [0.4, 0.5) is 14.5 Å². The molecule has 182 valence electrons. The van der Waals surface area contributed by atoms with Crippen LogP contribution in [-0.2, 0) is 22.1 Å². The molecule has 0 aliphatic carbocycles. The van der Waals surface area contributed by atoms with Gasteiger partial charge in [-0.25, -0.2) is 8.78 Å². The van der Waals surface area contributed by atoms with Crippen LogP contribution in [0.1, 0.15) is 23.6 Å². The predicted molar refractivity (Wildman–Crippen MR) is 136 cm³/mol. The molecule has 1 saturated heterocycles. The molecule has 5 nitrogen and oxygen atoms in total. The lowest BCUT2D eigenvalue weighted by Gasteiger charge is -2.37. The third kappa shape index (κ3) is 6.50. The highest BCUT2D eigenvalue weighted by Gasteiger charge is 2.29. The van der Waals surface area contributed by atoms with Crippen LogP contribution < -0.4 is 10.2 Å². The molecule has 0 spiro atoms. The normalized spacial score (nSPS) is 15.4. The Hall–Kier alpha value is -2.13. The number of alkyl halides is 2. The van der Waals surface area contributed by atoms with Crippen molar-refractivity contribution in [1.29, 1.82) is 0 Å². The zero-order valence-corrected chi connectivity index (χ0v) is 21.1. The molecule has 0 bridgehead atoms. The number of carbonyl (C=O) groups excluding carboxylic acids is 2. The number of nitrogens with one attached hydrogen (secondary N) is 1. The molecule has 1 heterocycles. The number of halogens is 4. The van der Waals surface area contributed by atoms with Gasteiger partial charge in [0.15, 0.2) is 5.62 Å². The molecular weight excluding hydrogens is 503 g/mol. The molecule has 0 atom stereocenters. The summed E-state index contributed by atoms with van der Waals surface area (Å²) in [5.74, 6) is -3.61. The fourth-order valence-corrected chi connectivity index (χ4v) is 4.83. The van der Waals surface area contributed by atoms with Gasteiger partial charge in [-0.3, -0.25) is 14.5 Å². The van der Waals surface area contributed by atoms with Gasteiger partial charge in [0, 0.05) is 62.8 Å². The number of thioether (sulfide) groups is 1. The van der Waals surface area contributed by atoms with Crippen LogP contribution in [0.25, 0.3) is 6.08 Å². The molecule has 0 unspecified atom stereocenters. The van der Waals surface area contributed by atoms with Crippen molar-refractivity contribution < 1.29 is 18.4 Å². The first-order chi connectivity index (χ1) is 16.1. The third-order valence-corrected chi connectivity index (χ3v) is 6.86. The molecule has 10 heteroatoms. The number of nitrogens with zero attached hydrogens (tertiary/aromatic N) is 2. The number of rotatable bonds is 8. The highest BCUT2D eigenvalue weighted by atomic mass is 35.5. The van der Waals surface area contributed by atoms with E-state index in [0.717, 1.165) is 12.5 Å². The quantitative estimate of drug-likeness (QED) is 0.366. The highest BCUT2D eigenvalue weighted by Crippen LogP contribution is 2.39. The minimum atomic E-state index is -3.12. The van der Waals surface area contributed by atoms with Crippen LogP contribution in [0.15, 0.2) is 41.3 Å². The van der Waals surface area contributed by atoms with Crippen molar-refractivity contribution in [2.75, 3.05) is 38.1 Å². The van der Waals surface area contributed by atoms with E-state index < -0.39 is 11.8 Å². The average Bonchev–Trinajstić information content (AvgIpc) is 2.79. The van der Waals surface area contributed by atoms with Crippen molar-refractivity contribution in [2.24, 2.45) is 0 Å². The zero-order chi connectivity index (χ0) is 24.9. The van der Waals surface area contributed by atoms with Crippen molar-refractivity contribution in [3.63, 3.8) is 0 Å². The maximum absolute atomic E-state index is 14.1. The Bertz CT molecular complexity index is 1080. The summed E-state index contributed by atoms with van der Waals surface area (Å²) in [6.07, 6.45) is 1.43. The first-order valence-corrected chi connectivity index (χ1v) is 12.2. The van der Waals surface area contributed by atoms with E-state index in [4.69, 9.17) is 23.2 Å². The fourth-order valence-electron chi connectivity index (χ4n) is 3.78. The summed E-state index contributed by atoms with van der Waals surface area (Å²) in [6, 6.07) is 10.3. The third-order valence-electron chi connectivity index (χ3n) is 5.55. The lowest BCUT2D eigenvalue weighted by Crippen LogP contribution is -2.46. The second-order valence-corrected chi connectivity index (χ2v) is 9.62. The standard InChI is InChI=1S/C24H25Cl2F2N3O2S/c1-24(27,28)18-11-17(12-21(34-15-32)23(33)29-2)22(20(26)13-18)31-9-7-30(8-10-31)14-16-5-3-4-6-19(16)25/h3-6,11-13,15H,7-10,14H2,1-2H3,(H,29,33)/b21-12-. The van der Waals surface area contributed by atoms with Crippen LogP contribution >= 0.6 is 35.0 Å². The van der Waals surface area contributed by atoms with Gasteiger partial charge in [-0.05, 0) is 41.6 Å². The largest absolute Gasteiger partial charge is 0.367 e. The van der Waals surface area contributed by atoms with E-state index in [2.05, 4.69) is 10.2 Å². The molecule has 1 fully saturated rings. The minimum absolute atomic E-state index is 0.0868. The predicted octanol–water partition coefficient (Wildman–Crippen LogP) is 5.44. The summed E-state index contributed by atoms with van der Waals surface area (Å²) in [4.78, 5) is 27.7. The van der Waals surface area contributed by atoms with Crippen molar-refractivity contribution in [2.45, 2.75) is 19.4 Å². The average molecular weight is 528 g/mol. The van der Waals surface area contributed by atoms with Crippen LogP contribution in [-0.4, -0.2) is 49.7 Å². The van der Waals surface area contributed by atoms with Crippen molar-refractivity contribution in [3.8, 4) is 0 Å². The Balaban J connectivity index is 1.92. The maximum Gasteiger partial charge on any atom is 0.270 e. The number of hydrogen-bond donors (Lipinski definition) is 1. The van der Waals surface area contributed by atoms with E-state index in [1.807, 2.05) is 29.2 Å². The SMILES string of the molecule is CNC(=O)/C(=C/c1cc(C(C)(F)F)cc(Cl)c1N1CCN(Cc2ccccc2Cl)CC1)SC=O. The van der Waals surface area contributed by atoms with Crippen molar-refractivity contribution in [3.05, 3.63) is 68.0 Å². The van der Waals surface area contributed by atoms with Crippen LogP contribution in [0.2, 0.25) is 10.0 Å². The van der Waals surface area contributed by atoms with Gasteiger partial charge in [-0.1, -0.05) is 41.4 Å². The van der Waals surface area contributed by atoms with Gasteiger partial charge in [0.25, 0.3) is 11.8 Å². The first-order valence-electron chi connectivity index (χ1n) is 10.6. The molecule has 0 aromatic heterocycles. The molecule has 1 N–H and O–H groups in total. The lowest BCUT2D eigenvalue weighted by molar-refractivity contribution is -0.116. The van der Waals surface area contributed by atoms with Gasteiger partial charge in [-0.2, -0.15) is 0 Å². The fraction of sp³-hybridized carbons (Fsp3) is 0.333. The Morgan fingerprint density at radius 2 is 1.82 bits per heavy atom. The molecule has 34 heavy (non-hydrogen) atoms. The summed E-state index contributed by atoms with van der Waals surface area (Å²) >= 11 is 13.5. The van der Waals surface area contributed by atoms with Gasteiger partial charge < -0.3 is 10.2 Å². The summed E-state index contributed by atoms with van der Waals surface area (Å²) < 4.78 is 28.3. The Morgan fingerprint density at radius 3 is 2.41 bits per heavy atom. The maximum atomic E-state index is 14.1. The number of amides is 1. The van der Waals surface area contributed by atoms with Gasteiger partial charge in [-0.15, -0.1) is 0 Å². The second kappa shape index (κ2) is 11.5. The number of anilines is 1. The van der Waals surface area contributed by atoms with E-state index in [1.165, 1.54) is 25.3 Å². The molecule has 2 aromatic carbocycles. The molecule has 0 radical (unpaired) electrons. The monoisotopic (exact) mass is 527 g/mol. The number of carbonyl (C=O) groups is 2. The van der Waals surface area contributed by atoms with Crippen LogP contribution in [0.5, 0.6) is 0 Å². The zero-order valence-electron chi connectivity index (χ0n) is 18.8. The summed E-state index contributed by atoms with van der Waals surface area (Å²) in [6.45, 7) is 4.11. The molecule has 2 aromatic rings. The molecule has 1 aliphatic rings.